The van der Waals surface area contributed by atoms with E-state index in [2.05, 4.69) is 20.6 Å². The van der Waals surface area contributed by atoms with Crippen molar-refractivity contribution in [3.05, 3.63) is 72.4 Å². The first-order valence-electron chi connectivity index (χ1n) is 8.03. The molecule has 0 aliphatic rings. The van der Waals surface area contributed by atoms with Gasteiger partial charge >= 0.3 is 0 Å². The monoisotopic (exact) mass is 352 g/mol. The molecule has 26 heavy (non-hydrogen) atoms. The number of anilines is 3. The molecule has 1 heterocycles. The second kappa shape index (κ2) is 8.06. The Morgan fingerprint density at radius 3 is 2.69 bits per heavy atom. The van der Waals surface area contributed by atoms with Crippen LogP contribution in [-0.2, 0) is 0 Å². The molecule has 0 unspecified atom stereocenters. The molecule has 0 aliphatic carbocycles. The van der Waals surface area contributed by atoms with Crippen molar-refractivity contribution in [2.45, 2.75) is 6.92 Å². The van der Waals surface area contributed by atoms with Gasteiger partial charge in [-0.05, 0) is 37.3 Å². The largest absolute Gasteiger partial charge is 0.492 e. The van der Waals surface area contributed by atoms with E-state index in [0.29, 0.717) is 29.5 Å². The summed E-state index contributed by atoms with van der Waals surface area (Å²) < 4.78 is 18.7. The van der Waals surface area contributed by atoms with E-state index in [-0.39, 0.29) is 11.5 Å². The molecule has 0 radical (unpaired) electrons. The maximum absolute atomic E-state index is 13.2. The van der Waals surface area contributed by atoms with Crippen LogP contribution in [0.5, 0.6) is 5.75 Å². The third-order valence-corrected chi connectivity index (χ3v) is 3.42. The SMILES string of the molecule is CCOc1ccccc1NC(=O)c1cnc(Nc2cccc(F)c2)cn1. The topological polar surface area (TPSA) is 76.1 Å². The van der Waals surface area contributed by atoms with E-state index in [9.17, 15) is 9.18 Å². The van der Waals surface area contributed by atoms with Crippen LogP contribution in [0.2, 0.25) is 0 Å². The number of ether oxygens (including phenoxy) is 1. The van der Waals surface area contributed by atoms with Crippen molar-refractivity contribution in [2.75, 3.05) is 17.2 Å². The van der Waals surface area contributed by atoms with Crippen LogP contribution in [0.3, 0.4) is 0 Å². The summed E-state index contributed by atoms with van der Waals surface area (Å²) in [7, 11) is 0. The molecular formula is C19H17FN4O2. The number of para-hydroxylation sites is 2. The van der Waals surface area contributed by atoms with Gasteiger partial charge in [-0.3, -0.25) is 4.79 Å². The summed E-state index contributed by atoms with van der Waals surface area (Å²) in [6.07, 6.45) is 2.76. The summed E-state index contributed by atoms with van der Waals surface area (Å²) in [5, 5.41) is 5.67. The number of carbonyl (C=O) groups is 1. The Morgan fingerprint density at radius 1 is 1.12 bits per heavy atom. The molecule has 3 aromatic rings. The molecule has 7 heteroatoms. The number of aromatic nitrogens is 2. The van der Waals surface area contributed by atoms with Gasteiger partial charge in [-0.25, -0.2) is 14.4 Å². The van der Waals surface area contributed by atoms with Gasteiger partial charge in [0.2, 0.25) is 0 Å². The highest BCUT2D eigenvalue weighted by Gasteiger charge is 2.11. The van der Waals surface area contributed by atoms with Crippen LogP contribution in [0, 0.1) is 5.82 Å². The number of carbonyl (C=O) groups excluding carboxylic acids is 1. The lowest BCUT2D eigenvalue weighted by molar-refractivity contribution is 0.102. The third kappa shape index (κ3) is 4.32. The van der Waals surface area contributed by atoms with Crippen LogP contribution < -0.4 is 15.4 Å². The van der Waals surface area contributed by atoms with Crippen molar-refractivity contribution in [1.82, 2.24) is 9.97 Å². The summed E-state index contributed by atoms with van der Waals surface area (Å²) in [5.41, 5.74) is 1.26. The number of nitrogens with zero attached hydrogens (tertiary/aromatic N) is 2. The molecule has 132 valence electrons. The number of halogens is 1. The number of benzene rings is 2. The lowest BCUT2D eigenvalue weighted by atomic mass is 10.3. The van der Waals surface area contributed by atoms with E-state index in [4.69, 9.17) is 4.74 Å². The molecule has 0 saturated heterocycles. The lowest BCUT2D eigenvalue weighted by Crippen LogP contribution is -2.15. The molecular weight excluding hydrogens is 335 g/mol. The van der Waals surface area contributed by atoms with Gasteiger partial charge in [0.15, 0.2) is 0 Å². The maximum atomic E-state index is 13.2. The molecule has 2 aromatic carbocycles. The van der Waals surface area contributed by atoms with Crippen LogP contribution in [0.1, 0.15) is 17.4 Å². The van der Waals surface area contributed by atoms with E-state index in [0.717, 1.165) is 0 Å². The number of hydrogen-bond donors (Lipinski definition) is 2. The second-order valence-corrected chi connectivity index (χ2v) is 5.31. The molecule has 0 bridgehead atoms. The fourth-order valence-corrected chi connectivity index (χ4v) is 2.26. The summed E-state index contributed by atoms with van der Waals surface area (Å²) in [4.78, 5) is 20.6. The van der Waals surface area contributed by atoms with Crippen molar-refractivity contribution in [3.63, 3.8) is 0 Å². The summed E-state index contributed by atoms with van der Waals surface area (Å²) in [6, 6.07) is 13.1. The highest BCUT2D eigenvalue weighted by atomic mass is 19.1. The highest BCUT2D eigenvalue weighted by molar-refractivity contribution is 6.03. The molecule has 2 N–H and O–H groups in total. The second-order valence-electron chi connectivity index (χ2n) is 5.31. The molecule has 0 spiro atoms. The zero-order valence-corrected chi connectivity index (χ0v) is 14.1. The predicted molar refractivity (Wildman–Crippen MR) is 97.3 cm³/mol. The molecule has 0 atom stereocenters. The minimum Gasteiger partial charge on any atom is -0.492 e. The van der Waals surface area contributed by atoms with Gasteiger partial charge in [0.05, 0.1) is 24.7 Å². The van der Waals surface area contributed by atoms with Gasteiger partial charge in [0.1, 0.15) is 23.1 Å². The molecule has 0 saturated carbocycles. The van der Waals surface area contributed by atoms with E-state index < -0.39 is 5.91 Å². The van der Waals surface area contributed by atoms with E-state index in [1.165, 1.54) is 24.5 Å². The van der Waals surface area contributed by atoms with Crippen molar-refractivity contribution >= 4 is 23.1 Å². The molecule has 3 rings (SSSR count). The Bertz CT molecular complexity index is 900. The predicted octanol–water partition coefficient (Wildman–Crippen LogP) is 4.01. The number of nitrogens with one attached hydrogen (secondary N) is 2. The van der Waals surface area contributed by atoms with E-state index in [1.807, 2.05) is 13.0 Å². The summed E-state index contributed by atoms with van der Waals surface area (Å²) in [5.74, 6) is 0.233. The first-order chi connectivity index (χ1) is 12.7. The van der Waals surface area contributed by atoms with Gasteiger partial charge in [-0.1, -0.05) is 18.2 Å². The zero-order chi connectivity index (χ0) is 18.4. The summed E-state index contributed by atoms with van der Waals surface area (Å²) >= 11 is 0. The van der Waals surface area contributed by atoms with Crippen molar-refractivity contribution in [1.29, 1.82) is 0 Å². The molecule has 0 aliphatic heterocycles. The zero-order valence-electron chi connectivity index (χ0n) is 14.1. The Hall–Kier alpha value is -3.48. The lowest BCUT2D eigenvalue weighted by Gasteiger charge is -2.11. The molecule has 1 amide bonds. The van der Waals surface area contributed by atoms with Gasteiger partial charge < -0.3 is 15.4 Å². The molecule has 6 nitrogen and oxygen atoms in total. The normalized spacial score (nSPS) is 10.2. The highest BCUT2D eigenvalue weighted by Crippen LogP contribution is 2.24. The van der Waals surface area contributed by atoms with Gasteiger partial charge in [0.25, 0.3) is 5.91 Å². The molecule has 0 fully saturated rings. The average molecular weight is 352 g/mol. The third-order valence-electron chi connectivity index (χ3n) is 3.42. The van der Waals surface area contributed by atoms with Crippen LogP contribution in [0.25, 0.3) is 0 Å². The van der Waals surface area contributed by atoms with Crippen molar-refractivity contribution in [2.24, 2.45) is 0 Å². The number of hydrogen-bond acceptors (Lipinski definition) is 5. The smallest absolute Gasteiger partial charge is 0.275 e. The fraction of sp³-hybridized carbons (Fsp3) is 0.105. The maximum Gasteiger partial charge on any atom is 0.275 e. The Kier molecular flexibility index (Phi) is 5.38. The van der Waals surface area contributed by atoms with Crippen LogP contribution in [0.4, 0.5) is 21.6 Å². The van der Waals surface area contributed by atoms with E-state index in [1.54, 1.807) is 30.3 Å². The van der Waals surface area contributed by atoms with Gasteiger partial charge in [-0.2, -0.15) is 0 Å². The van der Waals surface area contributed by atoms with Crippen LogP contribution in [-0.4, -0.2) is 22.5 Å². The van der Waals surface area contributed by atoms with Crippen LogP contribution >= 0.6 is 0 Å². The minimum absolute atomic E-state index is 0.154. The van der Waals surface area contributed by atoms with Gasteiger partial charge in [-0.15, -0.1) is 0 Å². The molecule has 1 aromatic heterocycles. The number of amides is 1. The number of rotatable bonds is 6. The van der Waals surface area contributed by atoms with Gasteiger partial charge in [0, 0.05) is 5.69 Å². The quantitative estimate of drug-likeness (QED) is 0.701. The first-order valence-corrected chi connectivity index (χ1v) is 8.03. The Balaban J connectivity index is 1.69. The minimum atomic E-state index is -0.401. The Labute approximate surface area is 150 Å². The Morgan fingerprint density at radius 2 is 1.96 bits per heavy atom. The first kappa shape index (κ1) is 17.3. The van der Waals surface area contributed by atoms with Crippen LogP contribution in [0.15, 0.2) is 60.9 Å². The van der Waals surface area contributed by atoms with Crippen molar-refractivity contribution < 1.29 is 13.9 Å². The fourth-order valence-electron chi connectivity index (χ4n) is 2.26. The standard InChI is InChI=1S/C19H17FN4O2/c1-2-26-17-9-4-3-8-15(17)24-19(25)16-11-22-18(12-21-16)23-14-7-5-6-13(20)10-14/h3-12H,2H2,1H3,(H,22,23)(H,24,25). The average Bonchev–Trinajstić information content (AvgIpc) is 2.64. The summed E-state index contributed by atoms with van der Waals surface area (Å²) in [6.45, 7) is 2.36. The van der Waals surface area contributed by atoms with E-state index >= 15 is 0 Å². The van der Waals surface area contributed by atoms with Crippen molar-refractivity contribution in [3.8, 4) is 5.75 Å².